The van der Waals surface area contributed by atoms with Crippen LogP contribution in [0.3, 0.4) is 0 Å². The van der Waals surface area contributed by atoms with Crippen molar-refractivity contribution in [3.05, 3.63) is 46.1 Å². The molecule has 0 saturated carbocycles. The number of morpholine rings is 1. The van der Waals surface area contributed by atoms with Crippen molar-refractivity contribution in [1.82, 2.24) is 20.5 Å². The van der Waals surface area contributed by atoms with Gasteiger partial charge in [-0.05, 0) is 57.7 Å². The second-order valence-electron chi connectivity index (χ2n) is 12.3. The Morgan fingerprint density at radius 2 is 1.72 bits per heavy atom. The quantitative estimate of drug-likeness (QED) is 0.345. The van der Waals surface area contributed by atoms with E-state index in [4.69, 9.17) is 37.4 Å². The number of hydrogen-bond donors (Lipinski definition) is 2. The molecule has 0 spiro atoms. The number of nitrogens with one attached hydrogen (secondary N) is 2. The molecule has 4 heterocycles. The van der Waals surface area contributed by atoms with Crippen molar-refractivity contribution in [2.24, 2.45) is 0 Å². The Kier molecular flexibility index (Phi) is 10.8. The van der Waals surface area contributed by atoms with Gasteiger partial charge in [0.2, 0.25) is 0 Å². The van der Waals surface area contributed by atoms with Gasteiger partial charge in [0.15, 0.2) is 5.60 Å². The molecule has 3 aliphatic rings. The molecule has 2 N–H and O–H groups in total. The number of hydrogen-bond acceptors (Lipinski definition) is 8. The number of ether oxygens (including phenoxy) is 3. The predicted octanol–water partition coefficient (Wildman–Crippen LogP) is 4.87. The number of fused-ring (bicyclic) bond motifs is 2. The van der Waals surface area contributed by atoms with Gasteiger partial charge < -0.3 is 29.7 Å². The van der Waals surface area contributed by atoms with Gasteiger partial charge in [-0.2, -0.15) is 13.2 Å². The standard InChI is InChI=1S/C31H38Cl2F3N5O5/c1-30(2,46-26-16-25(23(32)15-24(26)33)45-12-9-40-7-10-44-11-8-40)29(43)39-20-13-21-4-5-22(14-20)41(21)27-6-3-19(17-37-27)28(42)38-18-31(34,35)36/h3,6,15-17,20-22H,4-5,7-14,18H2,1-2H3,(H,38,42)(H,39,43). The van der Waals surface area contributed by atoms with E-state index in [0.29, 0.717) is 49.3 Å². The summed E-state index contributed by atoms with van der Waals surface area (Å²) in [6, 6.07) is 6.39. The Labute approximate surface area is 275 Å². The number of carbonyl (C=O) groups is 2. The van der Waals surface area contributed by atoms with Gasteiger partial charge in [-0.25, -0.2) is 4.98 Å². The van der Waals surface area contributed by atoms with Gasteiger partial charge >= 0.3 is 6.18 Å². The molecule has 2 atom stereocenters. The van der Waals surface area contributed by atoms with Crippen LogP contribution in [0.25, 0.3) is 0 Å². The van der Waals surface area contributed by atoms with Crippen LogP contribution in [0, 0.1) is 0 Å². The van der Waals surface area contributed by atoms with E-state index in [1.165, 1.54) is 12.3 Å². The highest BCUT2D eigenvalue weighted by atomic mass is 35.5. The van der Waals surface area contributed by atoms with Gasteiger partial charge in [0.05, 0.1) is 28.8 Å². The molecule has 2 unspecified atom stereocenters. The van der Waals surface area contributed by atoms with Gasteiger partial charge in [-0.15, -0.1) is 0 Å². The average molecular weight is 689 g/mol. The number of nitrogens with zero attached hydrogens (tertiary/aromatic N) is 3. The van der Waals surface area contributed by atoms with Crippen LogP contribution in [0.2, 0.25) is 10.0 Å². The van der Waals surface area contributed by atoms with Gasteiger partial charge in [0.25, 0.3) is 11.8 Å². The molecule has 10 nitrogen and oxygen atoms in total. The number of rotatable bonds is 11. The Morgan fingerprint density at radius 3 is 2.35 bits per heavy atom. The van der Waals surface area contributed by atoms with Gasteiger partial charge in [0, 0.05) is 50.0 Å². The summed E-state index contributed by atoms with van der Waals surface area (Å²) in [5, 5.41) is 5.60. The summed E-state index contributed by atoms with van der Waals surface area (Å²) in [4.78, 5) is 34.3. The second kappa shape index (κ2) is 14.4. The van der Waals surface area contributed by atoms with Crippen LogP contribution in [0.5, 0.6) is 11.5 Å². The van der Waals surface area contributed by atoms with Crippen molar-refractivity contribution in [1.29, 1.82) is 0 Å². The van der Waals surface area contributed by atoms with E-state index < -0.39 is 24.2 Å². The van der Waals surface area contributed by atoms with Crippen molar-refractivity contribution >= 4 is 40.8 Å². The SMILES string of the molecule is CC(C)(Oc1cc(OCCN2CCOCC2)c(Cl)cc1Cl)C(=O)NC1CC2CCC(C1)N2c1ccc(C(=O)NCC(F)(F)F)cn1. The minimum atomic E-state index is -4.49. The number of aromatic nitrogens is 1. The van der Waals surface area contributed by atoms with Crippen LogP contribution < -0.4 is 25.0 Å². The first-order valence-corrected chi connectivity index (χ1v) is 16.1. The number of amides is 2. The number of pyridine rings is 1. The number of piperidine rings is 1. The van der Waals surface area contributed by atoms with E-state index in [2.05, 4.69) is 20.1 Å². The Bertz CT molecular complexity index is 1380. The van der Waals surface area contributed by atoms with Crippen LogP contribution in [0.15, 0.2) is 30.5 Å². The molecule has 2 aromatic rings. The largest absolute Gasteiger partial charge is 0.491 e. The van der Waals surface area contributed by atoms with E-state index >= 15 is 0 Å². The molecule has 15 heteroatoms. The Morgan fingerprint density at radius 1 is 1.04 bits per heavy atom. The molecule has 3 fully saturated rings. The van der Waals surface area contributed by atoms with E-state index in [0.717, 1.165) is 32.5 Å². The first-order valence-electron chi connectivity index (χ1n) is 15.3. The molecule has 46 heavy (non-hydrogen) atoms. The Balaban J connectivity index is 1.15. The minimum absolute atomic E-state index is 0.0530. The first-order chi connectivity index (χ1) is 21.8. The van der Waals surface area contributed by atoms with Gasteiger partial charge in [-0.1, -0.05) is 23.2 Å². The third kappa shape index (κ3) is 8.67. The van der Waals surface area contributed by atoms with E-state index in [9.17, 15) is 22.8 Å². The maximum Gasteiger partial charge on any atom is 0.405 e. The number of anilines is 1. The monoisotopic (exact) mass is 687 g/mol. The average Bonchev–Trinajstić information content (AvgIpc) is 3.27. The highest BCUT2D eigenvalue weighted by Gasteiger charge is 2.43. The van der Waals surface area contributed by atoms with Crippen LogP contribution >= 0.6 is 23.2 Å². The summed E-state index contributed by atoms with van der Waals surface area (Å²) in [6.07, 6.45) is -0.0415. The predicted molar refractivity (Wildman–Crippen MR) is 167 cm³/mol. The minimum Gasteiger partial charge on any atom is -0.491 e. The topological polar surface area (TPSA) is 105 Å². The molecule has 1 aromatic carbocycles. The zero-order valence-corrected chi connectivity index (χ0v) is 27.2. The van der Waals surface area contributed by atoms with Crippen molar-refractivity contribution in [2.45, 2.75) is 69.4 Å². The van der Waals surface area contributed by atoms with Gasteiger partial charge in [0.1, 0.15) is 30.5 Å². The van der Waals surface area contributed by atoms with Crippen molar-refractivity contribution in [2.75, 3.05) is 50.9 Å². The zero-order chi connectivity index (χ0) is 33.1. The van der Waals surface area contributed by atoms with Crippen molar-refractivity contribution < 1.29 is 37.0 Å². The highest BCUT2D eigenvalue weighted by molar-refractivity contribution is 6.36. The van der Waals surface area contributed by atoms with E-state index in [1.807, 2.05) is 5.32 Å². The fraction of sp³-hybridized carbons (Fsp3) is 0.581. The van der Waals surface area contributed by atoms with Crippen molar-refractivity contribution in [3.8, 4) is 11.5 Å². The number of benzene rings is 1. The summed E-state index contributed by atoms with van der Waals surface area (Å²) in [5.74, 6) is 0.215. The molecule has 252 valence electrons. The molecule has 3 saturated heterocycles. The fourth-order valence-electron chi connectivity index (χ4n) is 6.11. The lowest BCUT2D eigenvalue weighted by Gasteiger charge is -2.40. The van der Waals surface area contributed by atoms with E-state index in [1.54, 1.807) is 32.0 Å². The third-order valence-corrected chi connectivity index (χ3v) is 9.05. The third-order valence-electron chi connectivity index (χ3n) is 8.46. The lowest BCUT2D eigenvalue weighted by molar-refractivity contribution is -0.135. The molecule has 0 aliphatic carbocycles. The molecule has 2 bridgehead atoms. The molecule has 1 aromatic heterocycles. The van der Waals surface area contributed by atoms with Crippen LogP contribution in [-0.2, 0) is 9.53 Å². The number of halogens is 5. The summed E-state index contributed by atoms with van der Waals surface area (Å²) in [5.41, 5.74) is -1.21. The summed E-state index contributed by atoms with van der Waals surface area (Å²) < 4.78 is 54.8. The normalized spacial score (nSPS) is 22.0. The lowest BCUT2D eigenvalue weighted by atomic mass is 9.96. The maximum atomic E-state index is 13.5. The smallest absolute Gasteiger partial charge is 0.405 e. The van der Waals surface area contributed by atoms with Crippen LogP contribution in [0.1, 0.15) is 49.9 Å². The number of alkyl halides is 3. The Hall–Kier alpha value is -3.00. The molecule has 3 aliphatic heterocycles. The second-order valence-corrected chi connectivity index (χ2v) is 13.1. The first kappa shape index (κ1) is 34.3. The van der Waals surface area contributed by atoms with Crippen LogP contribution in [0.4, 0.5) is 19.0 Å². The summed E-state index contributed by atoms with van der Waals surface area (Å²) >= 11 is 12.8. The zero-order valence-electron chi connectivity index (χ0n) is 25.7. The van der Waals surface area contributed by atoms with Gasteiger partial charge in [-0.3, -0.25) is 14.5 Å². The summed E-state index contributed by atoms with van der Waals surface area (Å²) in [6.45, 7) is 6.16. The maximum absolute atomic E-state index is 13.5. The summed E-state index contributed by atoms with van der Waals surface area (Å²) in [7, 11) is 0. The molecule has 0 radical (unpaired) electrons. The fourth-order valence-corrected chi connectivity index (χ4v) is 6.59. The molecular formula is C31H38Cl2F3N5O5. The molecule has 2 amide bonds. The van der Waals surface area contributed by atoms with E-state index in [-0.39, 0.29) is 40.4 Å². The molecular weight excluding hydrogens is 650 g/mol. The highest BCUT2D eigenvalue weighted by Crippen LogP contribution is 2.40. The molecule has 5 rings (SSSR count). The lowest BCUT2D eigenvalue weighted by Crippen LogP contribution is -2.55. The number of carbonyl (C=O) groups excluding carboxylic acids is 2. The van der Waals surface area contributed by atoms with Crippen molar-refractivity contribution in [3.63, 3.8) is 0 Å². The van der Waals surface area contributed by atoms with Crippen LogP contribution in [-0.4, -0.2) is 97.6 Å².